The van der Waals surface area contributed by atoms with E-state index in [0.29, 0.717) is 0 Å². The summed E-state index contributed by atoms with van der Waals surface area (Å²) in [5.74, 6) is -6.34. The van der Waals surface area contributed by atoms with Crippen molar-refractivity contribution in [1.82, 2.24) is 10.6 Å². The molecule has 1 atom stereocenters. The van der Waals surface area contributed by atoms with Gasteiger partial charge in [0.1, 0.15) is 6.10 Å². The lowest BCUT2D eigenvalue weighted by Crippen LogP contribution is -2.42. The molecule has 0 heterocycles. The summed E-state index contributed by atoms with van der Waals surface area (Å²) >= 11 is 5.41. The molecule has 0 radical (unpaired) electrons. The maximum atomic E-state index is 12.9. The molecule has 0 aliphatic rings. The lowest BCUT2D eigenvalue weighted by Gasteiger charge is -2.22. The second-order valence-electron chi connectivity index (χ2n) is 8.90. The minimum absolute atomic E-state index is 0.00380. The molecule has 1 aromatic rings. The number of rotatable bonds is 10. The summed E-state index contributed by atoms with van der Waals surface area (Å²) in [7, 11) is 0. The van der Waals surface area contributed by atoms with Crippen LogP contribution in [0.4, 0.5) is 5.69 Å². The van der Waals surface area contributed by atoms with E-state index in [1.54, 1.807) is 22.6 Å². The average molecular weight is 1080 g/mol. The molecule has 51 heavy (non-hydrogen) atoms. The Hall–Kier alpha value is -3.03. The normalized spacial score (nSPS) is 9.80. The first-order valence-electron chi connectivity index (χ1n) is 13.4. The zero-order valence-electron chi connectivity index (χ0n) is 27.9. The predicted octanol–water partition coefficient (Wildman–Crippen LogP) is -0.560. The maximum absolute atomic E-state index is 12.9. The van der Waals surface area contributed by atoms with Crippen LogP contribution in [-0.2, 0) is 28.8 Å². The molecular weight excluding hydrogens is 1040 g/mol. The number of carboxylic acid groups (broad SMARTS) is 5. The molecular formula is C27H42I3N3O18. The Morgan fingerprint density at radius 1 is 0.529 bits per heavy atom. The minimum Gasteiger partial charge on any atom is -0.481 e. The highest BCUT2D eigenvalue weighted by Crippen LogP contribution is 2.36. The summed E-state index contributed by atoms with van der Waals surface area (Å²) in [5, 5.41) is 91.1. The van der Waals surface area contributed by atoms with Gasteiger partial charge in [-0.2, -0.15) is 0 Å². The summed E-state index contributed by atoms with van der Waals surface area (Å²) in [6.07, 6.45) is -1.36. The van der Waals surface area contributed by atoms with E-state index in [4.69, 9.17) is 49.5 Å². The van der Waals surface area contributed by atoms with Crippen molar-refractivity contribution in [3.63, 3.8) is 0 Å². The van der Waals surface area contributed by atoms with Crippen molar-refractivity contribution in [3.8, 4) is 0 Å². The summed E-state index contributed by atoms with van der Waals surface area (Å²) in [6.45, 7) is 4.59. The Morgan fingerprint density at radius 3 is 0.922 bits per heavy atom. The number of aliphatic carboxylic acids is 5. The van der Waals surface area contributed by atoms with Crippen LogP contribution in [0.2, 0.25) is 0 Å². The molecule has 3 amide bonds. The topological polar surface area (TPSA) is 375 Å². The van der Waals surface area contributed by atoms with Gasteiger partial charge in [0.25, 0.3) is 47.6 Å². The maximum Gasteiger partial charge on any atom is 0.300 e. The van der Waals surface area contributed by atoms with Gasteiger partial charge in [0.2, 0.25) is 0 Å². The van der Waals surface area contributed by atoms with Gasteiger partial charge in [0.15, 0.2) is 0 Å². The van der Waals surface area contributed by atoms with Crippen LogP contribution < -0.4 is 16.0 Å². The fourth-order valence-electron chi connectivity index (χ4n) is 2.21. The number of carbonyl (C=O) groups is 8. The molecule has 294 valence electrons. The molecule has 0 fully saturated rings. The number of benzene rings is 1. The van der Waals surface area contributed by atoms with E-state index < -0.39 is 92.2 Å². The Kier molecular flexibility index (Phi) is 36.9. The number of hydrogen-bond acceptors (Lipinski definition) is 13. The van der Waals surface area contributed by atoms with E-state index in [9.17, 15) is 39.9 Å². The third-order valence-corrected chi connectivity index (χ3v) is 7.19. The fourth-order valence-corrected chi connectivity index (χ4v) is 6.63. The molecule has 21 nitrogen and oxygen atoms in total. The van der Waals surface area contributed by atoms with Gasteiger partial charge in [0, 0.05) is 38.2 Å². The lowest BCUT2D eigenvalue weighted by atomic mass is 10.1. The molecule has 1 aromatic carbocycles. The monoisotopic (exact) mass is 1080 g/mol. The highest BCUT2D eigenvalue weighted by Gasteiger charge is 2.30. The van der Waals surface area contributed by atoms with Gasteiger partial charge >= 0.3 is 0 Å². The quantitative estimate of drug-likeness (QED) is 0.131. The van der Waals surface area contributed by atoms with Crippen molar-refractivity contribution in [2.75, 3.05) is 31.7 Å². The molecule has 24 heteroatoms. The number of carboxylic acids is 5. The van der Waals surface area contributed by atoms with E-state index >= 15 is 0 Å². The molecule has 0 aliphatic carbocycles. The second kappa shape index (κ2) is 32.8. The Bertz CT molecular complexity index is 1160. The summed E-state index contributed by atoms with van der Waals surface area (Å²) in [4.78, 5) is 82.9. The van der Waals surface area contributed by atoms with Crippen LogP contribution in [0.25, 0.3) is 0 Å². The van der Waals surface area contributed by atoms with E-state index in [2.05, 4.69) is 16.0 Å². The van der Waals surface area contributed by atoms with Crippen molar-refractivity contribution >= 4 is 121 Å². The number of aliphatic hydroxyl groups is 5. The van der Waals surface area contributed by atoms with Crippen LogP contribution in [0.5, 0.6) is 0 Å². The predicted molar refractivity (Wildman–Crippen MR) is 202 cm³/mol. The van der Waals surface area contributed by atoms with E-state index in [0.717, 1.165) is 34.6 Å². The highest BCUT2D eigenvalue weighted by atomic mass is 127. The van der Waals surface area contributed by atoms with E-state index in [1.165, 1.54) is 6.92 Å². The van der Waals surface area contributed by atoms with Crippen LogP contribution in [0, 0.1) is 10.7 Å². The molecule has 0 bridgehead atoms. The first-order valence-corrected chi connectivity index (χ1v) is 16.7. The molecule has 0 spiro atoms. The van der Waals surface area contributed by atoms with Gasteiger partial charge in [-0.3, -0.25) is 38.4 Å². The summed E-state index contributed by atoms with van der Waals surface area (Å²) < 4.78 is 0.746. The van der Waals surface area contributed by atoms with Gasteiger partial charge in [-0.15, -0.1) is 0 Å². The third-order valence-electron chi connectivity index (χ3n) is 3.95. The van der Waals surface area contributed by atoms with Crippen LogP contribution >= 0.6 is 67.8 Å². The number of amides is 3. The largest absolute Gasteiger partial charge is 0.481 e. The smallest absolute Gasteiger partial charge is 0.300 e. The standard InChI is InChI=1S/C17H22I3N3O8.5C2H4O2/c1-6(28)15(29)23-14-12(19)9(16(30)21-7(2-24)3-25)11(18)10(13(14)20)17(31)22-8(4-26)5-27;5*1-2(3)4/h6-8,24-28H,2-5H2,1H3,(H,21,30)(H,22,31)(H,23,29);5*1H3,(H,3,4)/t6-;;;;;/m0...../s1. The zero-order valence-corrected chi connectivity index (χ0v) is 34.4. The minimum atomic E-state index is -1.36. The van der Waals surface area contributed by atoms with Crippen LogP contribution in [-0.4, -0.2) is 143 Å². The van der Waals surface area contributed by atoms with Gasteiger partial charge in [0.05, 0.1) is 62.5 Å². The second-order valence-corrected chi connectivity index (χ2v) is 12.1. The van der Waals surface area contributed by atoms with Crippen LogP contribution in [0.1, 0.15) is 62.3 Å². The number of nitrogens with one attached hydrogen (secondary N) is 3. The zero-order chi connectivity index (χ0) is 41.8. The molecule has 0 aromatic heterocycles. The van der Waals surface area contributed by atoms with Crippen molar-refractivity contribution in [3.05, 3.63) is 21.8 Å². The van der Waals surface area contributed by atoms with Crippen molar-refractivity contribution in [2.45, 2.75) is 59.7 Å². The number of hydrogen-bond donors (Lipinski definition) is 13. The highest BCUT2D eigenvalue weighted by molar-refractivity contribution is 14.1. The molecule has 0 unspecified atom stereocenters. The molecule has 13 N–H and O–H groups in total. The van der Waals surface area contributed by atoms with E-state index in [1.807, 2.05) is 45.2 Å². The first-order chi connectivity index (χ1) is 23.2. The number of halogens is 3. The molecule has 0 aliphatic heterocycles. The van der Waals surface area contributed by atoms with Crippen molar-refractivity contribution < 1.29 is 89.4 Å². The van der Waals surface area contributed by atoms with Crippen LogP contribution in [0.3, 0.4) is 0 Å². The molecule has 0 saturated carbocycles. The van der Waals surface area contributed by atoms with Gasteiger partial charge < -0.3 is 67.0 Å². The third kappa shape index (κ3) is 33.9. The Balaban J connectivity index is -0.000000287. The van der Waals surface area contributed by atoms with Gasteiger partial charge in [-0.25, -0.2) is 0 Å². The first kappa shape index (κ1) is 57.3. The Labute approximate surface area is 332 Å². The SMILES string of the molecule is CC(=O)O.CC(=O)O.CC(=O)O.CC(=O)O.CC(=O)O.C[C@H](O)C(=O)Nc1c(I)c(C(=O)NC(CO)CO)c(I)c(C(=O)NC(CO)CO)c1I. The Morgan fingerprint density at radius 2 is 0.745 bits per heavy atom. The summed E-state index contributed by atoms with van der Waals surface area (Å²) in [6, 6.07) is -1.89. The summed E-state index contributed by atoms with van der Waals surface area (Å²) in [5.41, 5.74) is 0.116. The van der Waals surface area contributed by atoms with Crippen LogP contribution in [0.15, 0.2) is 0 Å². The number of anilines is 1. The fraction of sp³-hybridized carbons (Fsp3) is 0.481. The lowest BCUT2D eigenvalue weighted by molar-refractivity contribution is -0.135. The number of aliphatic hydroxyl groups excluding tert-OH is 5. The molecule has 1 rings (SSSR count). The van der Waals surface area contributed by atoms with E-state index in [-0.39, 0.29) is 27.5 Å². The van der Waals surface area contributed by atoms with Gasteiger partial charge in [-0.05, 0) is 74.7 Å². The van der Waals surface area contributed by atoms with Gasteiger partial charge in [-0.1, -0.05) is 0 Å². The van der Waals surface area contributed by atoms with Crippen molar-refractivity contribution in [2.24, 2.45) is 0 Å². The molecule has 0 saturated heterocycles. The average Bonchev–Trinajstić information content (AvgIpc) is 2.95. The van der Waals surface area contributed by atoms with Crippen molar-refractivity contribution in [1.29, 1.82) is 0 Å². The number of carbonyl (C=O) groups excluding carboxylic acids is 3.